The van der Waals surface area contributed by atoms with Crippen LogP contribution in [0.4, 0.5) is 0 Å². The van der Waals surface area contributed by atoms with E-state index in [1.165, 1.54) is 12.7 Å². The lowest BCUT2D eigenvalue weighted by atomic mass is 10.0. The molecule has 0 atom stereocenters. The van der Waals surface area contributed by atoms with E-state index < -0.39 is 0 Å². The molecule has 4 nitrogen and oxygen atoms in total. The number of ether oxygens (including phenoxy) is 2. The molecule has 0 saturated heterocycles. The third-order valence-electron chi connectivity index (χ3n) is 3.75. The normalized spacial score (nSPS) is 10.5. The van der Waals surface area contributed by atoms with Gasteiger partial charge in [0.1, 0.15) is 11.5 Å². The molecular formula is C19H23NO3. The molecule has 0 bridgehead atoms. The van der Waals surface area contributed by atoms with Crippen LogP contribution in [0.3, 0.4) is 0 Å². The zero-order chi connectivity index (χ0) is 16.8. The Morgan fingerprint density at radius 3 is 2.30 bits per heavy atom. The number of methoxy groups -OCH3 is 2. The predicted molar refractivity (Wildman–Crippen MR) is 91.2 cm³/mol. The fraction of sp³-hybridized carbons (Fsp3) is 0.316. The SMILES string of the molecule is COc1ccc(C(=O)NCc2ccc(C(C)C)cc2)c(OC)c1. The molecule has 0 aliphatic carbocycles. The van der Waals surface area contributed by atoms with Gasteiger partial charge in [0.25, 0.3) is 5.91 Å². The summed E-state index contributed by atoms with van der Waals surface area (Å²) in [5, 5.41) is 2.92. The molecule has 0 heterocycles. The van der Waals surface area contributed by atoms with E-state index in [2.05, 4.69) is 31.3 Å². The van der Waals surface area contributed by atoms with Crippen LogP contribution in [0.2, 0.25) is 0 Å². The van der Waals surface area contributed by atoms with Crippen LogP contribution >= 0.6 is 0 Å². The van der Waals surface area contributed by atoms with Crippen molar-refractivity contribution in [3.63, 3.8) is 0 Å². The van der Waals surface area contributed by atoms with E-state index in [0.717, 1.165) is 5.56 Å². The van der Waals surface area contributed by atoms with Crippen molar-refractivity contribution >= 4 is 5.91 Å². The predicted octanol–water partition coefficient (Wildman–Crippen LogP) is 3.76. The minimum Gasteiger partial charge on any atom is -0.497 e. The summed E-state index contributed by atoms with van der Waals surface area (Å²) in [5.41, 5.74) is 2.85. The van der Waals surface area contributed by atoms with Crippen LogP contribution in [0.25, 0.3) is 0 Å². The Morgan fingerprint density at radius 1 is 1.04 bits per heavy atom. The van der Waals surface area contributed by atoms with Crippen molar-refractivity contribution in [3.8, 4) is 11.5 Å². The first-order valence-corrected chi connectivity index (χ1v) is 7.64. The zero-order valence-electron chi connectivity index (χ0n) is 14.1. The average molecular weight is 313 g/mol. The van der Waals surface area contributed by atoms with Gasteiger partial charge in [-0.15, -0.1) is 0 Å². The van der Waals surface area contributed by atoms with E-state index in [9.17, 15) is 4.79 Å². The zero-order valence-corrected chi connectivity index (χ0v) is 14.1. The van der Waals surface area contributed by atoms with Gasteiger partial charge < -0.3 is 14.8 Å². The first kappa shape index (κ1) is 16.9. The molecule has 0 spiro atoms. The van der Waals surface area contributed by atoms with E-state index in [1.807, 2.05) is 12.1 Å². The second-order valence-corrected chi connectivity index (χ2v) is 5.65. The molecule has 4 heteroatoms. The second-order valence-electron chi connectivity index (χ2n) is 5.65. The highest BCUT2D eigenvalue weighted by Gasteiger charge is 2.13. The summed E-state index contributed by atoms with van der Waals surface area (Å²) in [6.07, 6.45) is 0. The summed E-state index contributed by atoms with van der Waals surface area (Å²) in [6, 6.07) is 13.4. The van der Waals surface area contributed by atoms with Gasteiger partial charge in [0.15, 0.2) is 0 Å². The monoisotopic (exact) mass is 313 g/mol. The lowest BCUT2D eigenvalue weighted by molar-refractivity contribution is 0.0948. The molecule has 1 N–H and O–H groups in total. The van der Waals surface area contributed by atoms with Crippen molar-refractivity contribution in [2.45, 2.75) is 26.3 Å². The quantitative estimate of drug-likeness (QED) is 0.883. The lowest BCUT2D eigenvalue weighted by Gasteiger charge is -2.11. The van der Waals surface area contributed by atoms with E-state index in [-0.39, 0.29) is 5.91 Å². The molecular weight excluding hydrogens is 290 g/mol. The van der Waals surface area contributed by atoms with Crippen LogP contribution < -0.4 is 14.8 Å². The number of hydrogen-bond donors (Lipinski definition) is 1. The number of hydrogen-bond acceptors (Lipinski definition) is 3. The molecule has 23 heavy (non-hydrogen) atoms. The third-order valence-corrected chi connectivity index (χ3v) is 3.75. The summed E-state index contributed by atoms with van der Waals surface area (Å²) >= 11 is 0. The largest absolute Gasteiger partial charge is 0.497 e. The molecule has 2 rings (SSSR count). The van der Waals surface area contributed by atoms with Crippen molar-refractivity contribution in [2.24, 2.45) is 0 Å². The molecule has 0 fully saturated rings. The highest BCUT2D eigenvalue weighted by Crippen LogP contribution is 2.24. The lowest BCUT2D eigenvalue weighted by Crippen LogP contribution is -2.23. The van der Waals surface area contributed by atoms with Gasteiger partial charge in [-0.05, 0) is 29.2 Å². The molecule has 0 aliphatic rings. The van der Waals surface area contributed by atoms with Crippen LogP contribution in [0.1, 0.15) is 41.3 Å². The minimum absolute atomic E-state index is 0.169. The third kappa shape index (κ3) is 4.25. The van der Waals surface area contributed by atoms with Crippen LogP contribution in [-0.2, 0) is 6.54 Å². The molecule has 122 valence electrons. The van der Waals surface area contributed by atoms with Gasteiger partial charge in [0.2, 0.25) is 0 Å². The minimum atomic E-state index is -0.169. The first-order valence-electron chi connectivity index (χ1n) is 7.64. The summed E-state index contributed by atoms with van der Waals surface area (Å²) in [7, 11) is 3.12. The summed E-state index contributed by atoms with van der Waals surface area (Å²) < 4.78 is 10.4. The average Bonchev–Trinajstić information content (AvgIpc) is 2.59. The van der Waals surface area contributed by atoms with Crippen molar-refractivity contribution in [1.82, 2.24) is 5.32 Å². The van der Waals surface area contributed by atoms with Crippen molar-refractivity contribution in [1.29, 1.82) is 0 Å². The van der Waals surface area contributed by atoms with Gasteiger partial charge in [-0.2, -0.15) is 0 Å². The molecule has 0 radical (unpaired) electrons. The number of carbonyl (C=O) groups excluding carboxylic acids is 1. The van der Waals surface area contributed by atoms with Crippen molar-refractivity contribution < 1.29 is 14.3 Å². The first-order chi connectivity index (χ1) is 11.0. The molecule has 1 amide bonds. The van der Waals surface area contributed by atoms with Crippen LogP contribution in [0, 0.1) is 0 Å². The number of nitrogens with one attached hydrogen (secondary N) is 1. The number of carbonyl (C=O) groups is 1. The number of benzene rings is 2. The van der Waals surface area contributed by atoms with E-state index >= 15 is 0 Å². The fourth-order valence-electron chi connectivity index (χ4n) is 2.28. The molecule has 0 unspecified atom stereocenters. The topological polar surface area (TPSA) is 47.6 Å². The maximum atomic E-state index is 12.3. The highest BCUT2D eigenvalue weighted by atomic mass is 16.5. The molecule has 2 aromatic rings. The number of amides is 1. The summed E-state index contributed by atoms with van der Waals surface area (Å²) in [6.45, 7) is 4.80. The van der Waals surface area contributed by atoms with Gasteiger partial charge in [-0.3, -0.25) is 4.79 Å². The maximum Gasteiger partial charge on any atom is 0.255 e. The fourth-order valence-corrected chi connectivity index (χ4v) is 2.28. The second kappa shape index (κ2) is 7.68. The van der Waals surface area contributed by atoms with Gasteiger partial charge in [0, 0.05) is 12.6 Å². The Balaban J connectivity index is 2.04. The van der Waals surface area contributed by atoms with Gasteiger partial charge in [0.05, 0.1) is 19.8 Å². The van der Waals surface area contributed by atoms with Crippen molar-refractivity contribution in [2.75, 3.05) is 14.2 Å². The highest BCUT2D eigenvalue weighted by molar-refractivity contribution is 5.97. The standard InChI is InChI=1S/C19H23NO3/c1-13(2)15-7-5-14(6-8-15)12-20-19(21)17-10-9-16(22-3)11-18(17)23-4/h5-11,13H,12H2,1-4H3,(H,20,21). The Kier molecular flexibility index (Phi) is 5.63. The van der Waals surface area contributed by atoms with Crippen LogP contribution in [0.15, 0.2) is 42.5 Å². The Morgan fingerprint density at radius 2 is 1.74 bits per heavy atom. The van der Waals surface area contributed by atoms with Gasteiger partial charge in [-0.25, -0.2) is 0 Å². The Bertz CT molecular complexity index is 663. The Labute approximate surface area is 137 Å². The van der Waals surface area contributed by atoms with Gasteiger partial charge in [-0.1, -0.05) is 38.1 Å². The summed E-state index contributed by atoms with van der Waals surface area (Å²) in [5.74, 6) is 1.49. The van der Waals surface area contributed by atoms with E-state index in [1.54, 1.807) is 25.3 Å². The van der Waals surface area contributed by atoms with Gasteiger partial charge >= 0.3 is 0 Å². The maximum absolute atomic E-state index is 12.3. The molecule has 0 saturated carbocycles. The Hall–Kier alpha value is -2.49. The molecule has 0 aliphatic heterocycles. The number of rotatable bonds is 6. The van der Waals surface area contributed by atoms with Crippen molar-refractivity contribution in [3.05, 3.63) is 59.2 Å². The van der Waals surface area contributed by atoms with E-state index in [4.69, 9.17) is 9.47 Å². The summed E-state index contributed by atoms with van der Waals surface area (Å²) in [4.78, 5) is 12.3. The van der Waals surface area contributed by atoms with Crippen LogP contribution in [-0.4, -0.2) is 20.1 Å². The smallest absolute Gasteiger partial charge is 0.255 e. The van der Waals surface area contributed by atoms with Crippen LogP contribution in [0.5, 0.6) is 11.5 Å². The van der Waals surface area contributed by atoms with E-state index in [0.29, 0.717) is 29.5 Å². The molecule has 0 aromatic heterocycles. The molecule has 2 aromatic carbocycles.